The van der Waals surface area contributed by atoms with Crippen molar-refractivity contribution in [3.8, 4) is 5.88 Å². The van der Waals surface area contributed by atoms with E-state index in [0.29, 0.717) is 29.8 Å². The van der Waals surface area contributed by atoms with Crippen molar-refractivity contribution < 1.29 is 9.84 Å². The largest absolute Gasteiger partial charge is 0.473 e. The van der Waals surface area contributed by atoms with Gasteiger partial charge in [0.25, 0.3) is 0 Å². The zero-order valence-corrected chi connectivity index (χ0v) is 12.9. The third-order valence-corrected chi connectivity index (χ3v) is 3.32. The van der Waals surface area contributed by atoms with Crippen LogP contribution in [0, 0.1) is 5.92 Å². The van der Waals surface area contributed by atoms with Gasteiger partial charge in [0, 0.05) is 6.54 Å². The van der Waals surface area contributed by atoms with Crippen LogP contribution in [-0.2, 0) is 0 Å². The minimum atomic E-state index is -0.376. The second-order valence-corrected chi connectivity index (χ2v) is 5.28. The molecule has 1 heterocycles. The van der Waals surface area contributed by atoms with Gasteiger partial charge in [-0.05, 0) is 31.9 Å². The van der Waals surface area contributed by atoms with E-state index >= 15 is 0 Å². The smallest absolute Gasteiger partial charge is 0.239 e. The average molecular weight is 281 g/mol. The lowest BCUT2D eigenvalue weighted by molar-refractivity contribution is 0.114. The predicted octanol–water partition coefficient (Wildman–Crippen LogP) is 2.66. The molecule has 4 N–H and O–H groups in total. The molecule has 0 aromatic carbocycles. The molecule has 1 aromatic rings. The van der Waals surface area contributed by atoms with Crippen molar-refractivity contribution in [3.05, 3.63) is 12.1 Å². The average Bonchev–Trinajstić information content (AvgIpc) is 2.40. The van der Waals surface area contributed by atoms with Crippen molar-refractivity contribution in [1.82, 2.24) is 4.98 Å². The van der Waals surface area contributed by atoms with Crippen molar-refractivity contribution in [1.29, 1.82) is 0 Å². The molecule has 5 nitrogen and oxygen atoms in total. The van der Waals surface area contributed by atoms with Crippen molar-refractivity contribution in [3.63, 3.8) is 0 Å². The van der Waals surface area contributed by atoms with Crippen LogP contribution in [0.1, 0.15) is 40.5 Å². The predicted molar refractivity (Wildman–Crippen MR) is 83.0 cm³/mol. The Morgan fingerprint density at radius 1 is 1.30 bits per heavy atom. The number of anilines is 2. The quantitative estimate of drug-likeness (QED) is 0.682. The summed E-state index contributed by atoms with van der Waals surface area (Å²) < 4.78 is 5.54. The molecule has 0 spiro atoms. The molecule has 0 radical (unpaired) electrons. The van der Waals surface area contributed by atoms with Gasteiger partial charge in [-0.3, -0.25) is 0 Å². The van der Waals surface area contributed by atoms with Crippen LogP contribution in [-0.4, -0.2) is 28.8 Å². The van der Waals surface area contributed by atoms with Crippen LogP contribution in [0.15, 0.2) is 12.1 Å². The molecule has 0 aliphatic carbocycles. The van der Waals surface area contributed by atoms with E-state index in [0.717, 1.165) is 12.8 Å². The zero-order valence-electron chi connectivity index (χ0n) is 12.9. The highest BCUT2D eigenvalue weighted by Gasteiger charge is 2.15. The Kier molecular flexibility index (Phi) is 6.58. The number of aromatic nitrogens is 1. The Morgan fingerprint density at radius 2 is 1.95 bits per heavy atom. The second-order valence-electron chi connectivity index (χ2n) is 5.28. The van der Waals surface area contributed by atoms with Crippen LogP contribution in [0.4, 0.5) is 11.5 Å². The third-order valence-electron chi connectivity index (χ3n) is 3.32. The Labute approximate surface area is 121 Å². The molecule has 0 fully saturated rings. The summed E-state index contributed by atoms with van der Waals surface area (Å²) in [4.78, 5) is 4.33. The van der Waals surface area contributed by atoms with Gasteiger partial charge in [0.15, 0.2) is 0 Å². The summed E-state index contributed by atoms with van der Waals surface area (Å²) in [6.45, 7) is 8.52. The first-order valence-electron chi connectivity index (χ1n) is 7.33. The number of nitrogens with two attached hydrogens (primary N) is 1. The van der Waals surface area contributed by atoms with Crippen LogP contribution in [0.5, 0.6) is 5.88 Å². The summed E-state index contributed by atoms with van der Waals surface area (Å²) >= 11 is 0. The van der Waals surface area contributed by atoms with E-state index in [-0.39, 0.29) is 12.2 Å². The minimum absolute atomic E-state index is 0.0233. The van der Waals surface area contributed by atoms with Gasteiger partial charge in [0.05, 0.1) is 17.9 Å². The zero-order chi connectivity index (χ0) is 15.1. The molecule has 0 saturated carbocycles. The number of hydrogen-bond acceptors (Lipinski definition) is 5. The Hall–Kier alpha value is -1.49. The summed E-state index contributed by atoms with van der Waals surface area (Å²) in [6.07, 6.45) is 1.58. The fraction of sp³-hybridized carbons (Fsp3) is 0.667. The molecule has 114 valence electrons. The maximum Gasteiger partial charge on any atom is 0.239 e. The van der Waals surface area contributed by atoms with Crippen molar-refractivity contribution >= 4 is 11.5 Å². The number of pyridine rings is 1. The first-order chi connectivity index (χ1) is 9.47. The van der Waals surface area contributed by atoms with Gasteiger partial charge in [-0.25, -0.2) is 0 Å². The van der Waals surface area contributed by atoms with Crippen molar-refractivity contribution in [2.75, 3.05) is 17.6 Å². The summed E-state index contributed by atoms with van der Waals surface area (Å²) in [7, 11) is 0. The van der Waals surface area contributed by atoms with Gasteiger partial charge in [-0.1, -0.05) is 26.7 Å². The fourth-order valence-corrected chi connectivity index (χ4v) is 2.08. The van der Waals surface area contributed by atoms with E-state index in [2.05, 4.69) is 24.1 Å². The first-order valence-corrected chi connectivity index (χ1v) is 7.33. The van der Waals surface area contributed by atoms with Crippen LogP contribution < -0.4 is 15.8 Å². The van der Waals surface area contributed by atoms with Crippen LogP contribution in [0.2, 0.25) is 0 Å². The van der Waals surface area contributed by atoms with E-state index in [1.807, 2.05) is 13.8 Å². The van der Waals surface area contributed by atoms with E-state index < -0.39 is 0 Å². The first kappa shape index (κ1) is 16.6. The van der Waals surface area contributed by atoms with E-state index in [1.165, 1.54) is 0 Å². The van der Waals surface area contributed by atoms with Crippen molar-refractivity contribution in [2.24, 2.45) is 5.92 Å². The number of aliphatic hydroxyl groups is 1. The molecule has 0 aliphatic rings. The van der Waals surface area contributed by atoms with Crippen molar-refractivity contribution in [2.45, 2.75) is 52.7 Å². The number of ether oxygens (including phenoxy) is 1. The highest BCUT2D eigenvalue weighted by molar-refractivity contribution is 5.53. The van der Waals surface area contributed by atoms with Crippen LogP contribution >= 0.6 is 0 Å². The third kappa shape index (κ3) is 4.89. The van der Waals surface area contributed by atoms with Gasteiger partial charge >= 0.3 is 0 Å². The van der Waals surface area contributed by atoms with Gasteiger partial charge in [-0.2, -0.15) is 4.98 Å². The van der Waals surface area contributed by atoms with Crippen LogP contribution in [0.3, 0.4) is 0 Å². The summed E-state index contributed by atoms with van der Waals surface area (Å²) in [5.74, 6) is 1.41. The lowest BCUT2D eigenvalue weighted by atomic mass is 9.97. The molecule has 0 aliphatic heterocycles. The lowest BCUT2D eigenvalue weighted by Crippen LogP contribution is -2.28. The molecule has 1 aromatic heterocycles. The lowest BCUT2D eigenvalue weighted by Gasteiger charge is -2.21. The minimum Gasteiger partial charge on any atom is -0.473 e. The Morgan fingerprint density at radius 3 is 2.50 bits per heavy atom. The monoisotopic (exact) mass is 281 g/mol. The van der Waals surface area contributed by atoms with Gasteiger partial charge in [0.2, 0.25) is 5.88 Å². The maximum absolute atomic E-state index is 10.1. The molecule has 0 saturated heterocycles. The molecular weight excluding hydrogens is 254 g/mol. The van der Waals surface area contributed by atoms with Crippen LogP contribution in [0.25, 0.3) is 0 Å². The molecule has 1 rings (SSSR count). The molecule has 0 bridgehead atoms. The number of hydrogen-bond donors (Lipinski definition) is 3. The second kappa shape index (κ2) is 7.94. The van der Waals surface area contributed by atoms with E-state index in [4.69, 9.17) is 10.5 Å². The molecular formula is C15H27N3O2. The summed E-state index contributed by atoms with van der Waals surface area (Å²) in [5.41, 5.74) is 6.34. The standard InChI is InChI=1S/C15H27N3O2/c1-5-11(6-2)13(19)9-17-14-8-7-12(16)15(18-14)20-10(3)4/h7-8,10-11,13,19H,5-6,9,16H2,1-4H3,(H,17,18). The summed E-state index contributed by atoms with van der Waals surface area (Å²) in [5, 5.41) is 13.2. The van der Waals surface area contributed by atoms with Gasteiger partial charge < -0.3 is 20.9 Å². The fourth-order valence-electron chi connectivity index (χ4n) is 2.08. The number of nitrogens with zero attached hydrogens (tertiary/aromatic N) is 1. The molecule has 0 amide bonds. The number of rotatable bonds is 8. The number of nitrogens with one attached hydrogen (secondary N) is 1. The molecule has 5 heteroatoms. The van der Waals surface area contributed by atoms with E-state index in [1.54, 1.807) is 12.1 Å². The maximum atomic E-state index is 10.1. The van der Waals surface area contributed by atoms with Gasteiger partial charge in [-0.15, -0.1) is 0 Å². The SMILES string of the molecule is CCC(CC)C(O)CNc1ccc(N)c(OC(C)C)n1. The highest BCUT2D eigenvalue weighted by atomic mass is 16.5. The van der Waals surface area contributed by atoms with E-state index in [9.17, 15) is 5.11 Å². The normalized spacial score (nSPS) is 12.8. The van der Waals surface area contributed by atoms with Gasteiger partial charge in [0.1, 0.15) is 5.82 Å². The topological polar surface area (TPSA) is 80.4 Å². The molecule has 20 heavy (non-hydrogen) atoms. The Bertz CT molecular complexity index is 406. The number of nitrogen functional groups attached to an aromatic ring is 1. The number of aliphatic hydroxyl groups excluding tert-OH is 1. The summed E-state index contributed by atoms with van der Waals surface area (Å²) in [6, 6.07) is 3.55. The molecule has 1 unspecified atom stereocenters. The highest BCUT2D eigenvalue weighted by Crippen LogP contribution is 2.22. The molecule has 1 atom stereocenters. The Balaban J connectivity index is 2.64.